The minimum atomic E-state index is -1.50. The maximum Gasteiger partial charge on any atom is 0.299 e. The van der Waals surface area contributed by atoms with E-state index < -0.39 is 65.8 Å². The second kappa shape index (κ2) is 9.44. The molecule has 3 N–H and O–H groups in total. The number of carbonyl (C=O) groups is 1. The molecule has 0 aliphatic rings. The summed E-state index contributed by atoms with van der Waals surface area (Å²) in [4.78, 5) is 52.9. The molecule has 2 aromatic rings. The van der Waals surface area contributed by atoms with Crippen LogP contribution in [0, 0.1) is 40.5 Å². The lowest BCUT2D eigenvalue weighted by molar-refractivity contribution is -0.399. The van der Waals surface area contributed by atoms with Crippen LogP contribution < -0.4 is 11.1 Å². The van der Waals surface area contributed by atoms with Gasteiger partial charge in [0.15, 0.2) is 10.6 Å². The Labute approximate surface area is 175 Å². The number of nitrogens with zero attached hydrogens (tertiary/aromatic N) is 4. The van der Waals surface area contributed by atoms with E-state index in [0.29, 0.717) is 11.8 Å². The van der Waals surface area contributed by atoms with Gasteiger partial charge in [-0.25, -0.2) is 0 Å². The third-order valence-electron chi connectivity index (χ3n) is 3.84. The lowest BCUT2D eigenvalue weighted by Gasteiger charge is -2.16. The molecule has 0 unspecified atom stereocenters. The number of primary amides is 1. The van der Waals surface area contributed by atoms with Gasteiger partial charge in [-0.1, -0.05) is 0 Å². The average molecular weight is 452 g/mol. The van der Waals surface area contributed by atoms with Gasteiger partial charge in [-0.3, -0.25) is 45.3 Å². The van der Waals surface area contributed by atoms with Crippen molar-refractivity contribution in [1.29, 1.82) is 0 Å². The standard InChI is InChI=1S/C15H12N6O9S/c16-15(22)8(17-13-9(18(23)24)3-1-4-10(13)19(25)26)7-31-14-11(20(27)28)5-2-6-12(14)21(29)30/h1-6,8,17H,7H2,(H2,16,22)/t8-/m1/s1. The van der Waals surface area contributed by atoms with Crippen molar-refractivity contribution >= 4 is 46.1 Å². The molecule has 0 heterocycles. The van der Waals surface area contributed by atoms with Gasteiger partial charge in [0.05, 0.1) is 19.7 Å². The number of hydrogen-bond acceptors (Lipinski definition) is 11. The minimum absolute atomic E-state index is 0.373. The number of carbonyl (C=O) groups excluding carboxylic acids is 1. The zero-order chi connectivity index (χ0) is 23.3. The number of benzene rings is 2. The quantitative estimate of drug-likeness (QED) is 0.302. The number of nitro groups is 4. The SMILES string of the molecule is NC(=O)[C@@H](CSc1c([N+](=O)[O-])cccc1[N+](=O)[O-])Nc1c([N+](=O)[O-])cccc1[N+](=O)[O-]. The summed E-state index contributed by atoms with van der Waals surface area (Å²) in [5.41, 5.74) is 2.07. The fourth-order valence-electron chi connectivity index (χ4n) is 2.46. The van der Waals surface area contributed by atoms with Crippen LogP contribution in [0.15, 0.2) is 41.3 Å². The molecule has 0 aliphatic heterocycles. The smallest absolute Gasteiger partial charge is 0.299 e. The van der Waals surface area contributed by atoms with E-state index in [-0.39, 0.29) is 4.90 Å². The Balaban J connectivity index is 2.43. The molecule has 1 atom stereocenters. The monoisotopic (exact) mass is 452 g/mol. The van der Waals surface area contributed by atoms with Crippen LogP contribution in [0.3, 0.4) is 0 Å². The zero-order valence-corrected chi connectivity index (χ0v) is 16.0. The lowest BCUT2D eigenvalue weighted by Crippen LogP contribution is -2.37. The minimum Gasteiger partial charge on any atom is -0.368 e. The van der Waals surface area contributed by atoms with Crippen molar-refractivity contribution in [2.75, 3.05) is 11.1 Å². The number of amides is 1. The van der Waals surface area contributed by atoms with E-state index in [2.05, 4.69) is 5.32 Å². The van der Waals surface area contributed by atoms with Crippen LogP contribution in [0.2, 0.25) is 0 Å². The number of thioether (sulfide) groups is 1. The van der Waals surface area contributed by atoms with Crippen molar-refractivity contribution in [2.24, 2.45) is 5.73 Å². The summed E-state index contributed by atoms with van der Waals surface area (Å²) < 4.78 is 0. The highest BCUT2D eigenvalue weighted by atomic mass is 32.2. The van der Waals surface area contributed by atoms with Crippen molar-refractivity contribution in [1.82, 2.24) is 0 Å². The van der Waals surface area contributed by atoms with Crippen molar-refractivity contribution < 1.29 is 24.5 Å². The first kappa shape index (κ1) is 22.9. The Morgan fingerprint density at radius 2 is 1.23 bits per heavy atom. The van der Waals surface area contributed by atoms with Gasteiger partial charge >= 0.3 is 0 Å². The number of para-hydroxylation sites is 1. The number of nitrogens with one attached hydrogen (secondary N) is 1. The maximum atomic E-state index is 11.9. The zero-order valence-electron chi connectivity index (χ0n) is 15.2. The van der Waals surface area contributed by atoms with Gasteiger partial charge in [-0.15, -0.1) is 11.8 Å². The average Bonchev–Trinajstić information content (AvgIpc) is 2.69. The first-order valence-corrected chi connectivity index (χ1v) is 9.05. The van der Waals surface area contributed by atoms with Crippen molar-refractivity contribution in [3.63, 3.8) is 0 Å². The molecule has 0 bridgehead atoms. The van der Waals surface area contributed by atoms with Crippen LogP contribution in [0.1, 0.15) is 0 Å². The van der Waals surface area contributed by atoms with Gasteiger partial charge in [0, 0.05) is 30.0 Å². The Kier molecular flexibility index (Phi) is 6.99. The largest absolute Gasteiger partial charge is 0.368 e. The molecular weight excluding hydrogens is 440 g/mol. The predicted octanol–water partition coefficient (Wildman–Crippen LogP) is 2.38. The third-order valence-corrected chi connectivity index (χ3v) is 5.04. The van der Waals surface area contributed by atoms with Crippen molar-refractivity contribution in [3.05, 3.63) is 76.9 Å². The van der Waals surface area contributed by atoms with Crippen molar-refractivity contribution in [2.45, 2.75) is 10.9 Å². The van der Waals surface area contributed by atoms with Crippen molar-refractivity contribution in [3.8, 4) is 0 Å². The first-order valence-electron chi connectivity index (χ1n) is 8.06. The van der Waals surface area contributed by atoms with E-state index in [4.69, 9.17) is 5.73 Å². The van der Waals surface area contributed by atoms with Crippen LogP contribution in [0.25, 0.3) is 0 Å². The molecule has 0 saturated carbocycles. The molecule has 2 rings (SSSR count). The molecule has 0 fully saturated rings. The first-order chi connectivity index (χ1) is 14.5. The van der Waals surface area contributed by atoms with Crippen LogP contribution in [0.5, 0.6) is 0 Å². The summed E-state index contributed by atoms with van der Waals surface area (Å²) in [6.45, 7) is 0. The summed E-state index contributed by atoms with van der Waals surface area (Å²) >= 11 is 0.528. The van der Waals surface area contributed by atoms with E-state index in [1.807, 2.05) is 0 Å². The summed E-state index contributed by atoms with van der Waals surface area (Å²) in [6.07, 6.45) is 0. The molecule has 0 aliphatic carbocycles. The third kappa shape index (κ3) is 5.18. The highest BCUT2D eigenvalue weighted by Gasteiger charge is 2.31. The highest BCUT2D eigenvalue weighted by Crippen LogP contribution is 2.39. The molecular formula is C15H12N6O9S. The van der Waals surface area contributed by atoms with E-state index in [9.17, 15) is 45.3 Å². The van der Waals surface area contributed by atoms with Crippen LogP contribution in [-0.4, -0.2) is 37.4 Å². The molecule has 162 valence electrons. The molecule has 2 aromatic carbocycles. The summed E-state index contributed by atoms with van der Waals surface area (Å²) in [5, 5.41) is 47.2. The topological polar surface area (TPSA) is 228 Å². The Morgan fingerprint density at radius 3 is 1.58 bits per heavy atom. The number of nitrogens with two attached hydrogens (primary N) is 1. The predicted molar refractivity (Wildman–Crippen MR) is 107 cm³/mol. The van der Waals surface area contributed by atoms with Gasteiger partial charge in [0.25, 0.3) is 22.7 Å². The van der Waals surface area contributed by atoms with Gasteiger partial charge in [-0.2, -0.15) is 0 Å². The number of nitro benzene ring substituents is 4. The molecule has 15 nitrogen and oxygen atoms in total. The van der Waals surface area contributed by atoms with E-state index in [1.165, 1.54) is 0 Å². The van der Waals surface area contributed by atoms with Gasteiger partial charge in [0.1, 0.15) is 6.04 Å². The van der Waals surface area contributed by atoms with E-state index >= 15 is 0 Å². The fraction of sp³-hybridized carbons (Fsp3) is 0.133. The molecule has 0 spiro atoms. The molecule has 0 radical (unpaired) electrons. The normalized spacial score (nSPS) is 11.4. The molecule has 16 heteroatoms. The summed E-state index contributed by atoms with van der Waals surface area (Å²) in [5.74, 6) is -1.55. The molecule has 0 aromatic heterocycles. The molecule has 0 saturated heterocycles. The fourth-order valence-corrected chi connectivity index (χ4v) is 3.63. The number of rotatable bonds is 10. The maximum absolute atomic E-state index is 11.9. The van der Waals surface area contributed by atoms with E-state index in [1.54, 1.807) is 0 Å². The molecule has 31 heavy (non-hydrogen) atoms. The Bertz CT molecular complexity index is 1030. The van der Waals surface area contributed by atoms with Gasteiger partial charge < -0.3 is 11.1 Å². The second-order valence-corrected chi connectivity index (χ2v) is 6.77. The Hall–Kier alpha value is -4.34. The summed E-state index contributed by atoms with van der Waals surface area (Å²) in [6, 6.07) is 4.67. The lowest BCUT2D eigenvalue weighted by atomic mass is 10.2. The van der Waals surface area contributed by atoms with Gasteiger partial charge in [-0.05, 0) is 12.1 Å². The van der Waals surface area contributed by atoms with E-state index in [0.717, 1.165) is 36.4 Å². The number of hydrogen-bond donors (Lipinski definition) is 2. The molecule has 1 amide bonds. The van der Waals surface area contributed by atoms with Crippen LogP contribution in [0.4, 0.5) is 28.4 Å². The summed E-state index contributed by atoms with van der Waals surface area (Å²) in [7, 11) is 0. The Morgan fingerprint density at radius 1 is 0.839 bits per heavy atom. The second-order valence-electron chi connectivity index (χ2n) is 5.74. The highest BCUT2D eigenvalue weighted by molar-refractivity contribution is 7.99. The van der Waals surface area contributed by atoms with Crippen LogP contribution >= 0.6 is 11.8 Å². The van der Waals surface area contributed by atoms with Crippen LogP contribution in [-0.2, 0) is 4.79 Å². The number of anilines is 1. The van der Waals surface area contributed by atoms with Gasteiger partial charge in [0.2, 0.25) is 5.91 Å².